The molecule has 7 heteroatoms. The number of likely N-dealkylation sites (N-methyl/N-ethyl adjacent to an activating group) is 1. The smallest absolute Gasteiger partial charge is 0.240 e. The van der Waals surface area contributed by atoms with Gasteiger partial charge in [0.2, 0.25) is 5.91 Å². The first-order valence-electron chi connectivity index (χ1n) is 10.3. The van der Waals surface area contributed by atoms with Gasteiger partial charge in [-0.25, -0.2) is 0 Å². The molecule has 0 spiro atoms. The van der Waals surface area contributed by atoms with Crippen molar-refractivity contribution < 1.29 is 14.3 Å². The summed E-state index contributed by atoms with van der Waals surface area (Å²) in [6.45, 7) is 12.2. The van der Waals surface area contributed by atoms with E-state index < -0.39 is 0 Å². The lowest BCUT2D eigenvalue weighted by Gasteiger charge is -2.25. The number of carbonyl (C=O) groups excluding carboxylic acids is 1. The van der Waals surface area contributed by atoms with Crippen molar-refractivity contribution >= 4 is 11.9 Å². The monoisotopic (exact) mass is 406 g/mol. The predicted octanol–water partition coefficient (Wildman–Crippen LogP) is 2.84. The van der Waals surface area contributed by atoms with Crippen molar-refractivity contribution in [3.63, 3.8) is 0 Å². The fourth-order valence-electron chi connectivity index (χ4n) is 2.83. The van der Waals surface area contributed by atoms with Crippen molar-refractivity contribution in [2.75, 3.05) is 40.4 Å². The average molecular weight is 407 g/mol. The number of guanidine groups is 1. The molecule has 0 saturated carbocycles. The Balaban J connectivity index is 2.63. The average Bonchev–Trinajstić information content (AvgIpc) is 2.63. The van der Waals surface area contributed by atoms with Gasteiger partial charge in [0.05, 0.1) is 20.3 Å². The molecular weight excluding hydrogens is 368 g/mol. The van der Waals surface area contributed by atoms with Gasteiger partial charge in [0, 0.05) is 25.7 Å². The van der Waals surface area contributed by atoms with E-state index in [0.29, 0.717) is 13.2 Å². The molecular formula is C22H38N4O3. The molecule has 0 aliphatic carbocycles. The van der Waals surface area contributed by atoms with Crippen LogP contribution < -0.4 is 20.1 Å². The summed E-state index contributed by atoms with van der Waals surface area (Å²) in [6.07, 6.45) is 1.79. The number of aryl methyl sites for hydroxylation is 1. The first kappa shape index (κ1) is 24.6. The zero-order valence-corrected chi connectivity index (χ0v) is 19.1. The Kier molecular flexibility index (Phi) is 10.3. The number of ether oxygens (including phenoxy) is 2. The summed E-state index contributed by atoms with van der Waals surface area (Å²) in [5.74, 6) is 2.24. The minimum atomic E-state index is -0.244. The molecule has 0 bridgehead atoms. The summed E-state index contributed by atoms with van der Waals surface area (Å²) in [5.41, 5.74) is 0.943. The molecule has 29 heavy (non-hydrogen) atoms. The van der Waals surface area contributed by atoms with Crippen molar-refractivity contribution in [1.29, 1.82) is 0 Å². The molecule has 0 saturated heterocycles. The maximum Gasteiger partial charge on any atom is 0.240 e. The Bertz CT molecular complexity index is 669. The number of hydrogen-bond donors (Lipinski definition) is 2. The van der Waals surface area contributed by atoms with Crippen LogP contribution in [0.3, 0.4) is 0 Å². The van der Waals surface area contributed by atoms with Gasteiger partial charge in [0.15, 0.2) is 17.5 Å². The van der Waals surface area contributed by atoms with Gasteiger partial charge in [-0.05, 0) is 65.2 Å². The zero-order valence-electron chi connectivity index (χ0n) is 19.1. The first-order valence-corrected chi connectivity index (χ1v) is 10.3. The van der Waals surface area contributed by atoms with Gasteiger partial charge in [0.25, 0.3) is 0 Å². The van der Waals surface area contributed by atoms with Gasteiger partial charge in [0.1, 0.15) is 0 Å². The summed E-state index contributed by atoms with van der Waals surface area (Å²) in [7, 11) is 3.52. The number of methoxy groups -OCH3 is 1. The minimum Gasteiger partial charge on any atom is -0.493 e. The van der Waals surface area contributed by atoms with E-state index >= 15 is 0 Å². The lowest BCUT2D eigenvalue weighted by atomic mass is 10.1. The molecule has 1 aromatic rings. The molecule has 2 N–H and O–H groups in total. The Morgan fingerprint density at radius 2 is 1.93 bits per heavy atom. The Morgan fingerprint density at radius 1 is 1.21 bits per heavy atom. The van der Waals surface area contributed by atoms with E-state index in [-0.39, 0.29) is 18.0 Å². The van der Waals surface area contributed by atoms with Crippen LogP contribution in [0.25, 0.3) is 0 Å². The van der Waals surface area contributed by atoms with E-state index in [2.05, 4.69) is 21.7 Å². The minimum absolute atomic E-state index is 0.0210. The van der Waals surface area contributed by atoms with Crippen LogP contribution in [-0.4, -0.2) is 62.7 Å². The van der Waals surface area contributed by atoms with E-state index in [1.807, 2.05) is 58.7 Å². The molecule has 1 amide bonds. The number of amides is 1. The maximum atomic E-state index is 12.2. The predicted molar refractivity (Wildman–Crippen MR) is 119 cm³/mol. The lowest BCUT2D eigenvalue weighted by Crippen LogP contribution is -2.48. The van der Waals surface area contributed by atoms with E-state index in [4.69, 9.17) is 9.47 Å². The molecule has 0 radical (unpaired) electrons. The number of rotatable bonds is 10. The van der Waals surface area contributed by atoms with E-state index in [0.717, 1.165) is 36.8 Å². The molecule has 0 aliphatic rings. The highest BCUT2D eigenvalue weighted by atomic mass is 16.5. The first-order chi connectivity index (χ1) is 13.7. The molecule has 0 aliphatic heterocycles. The zero-order chi connectivity index (χ0) is 21.9. The van der Waals surface area contributed by atoms with E-state index in [1.54, 1.807) is 7.11 Å². The molecule has 0 heterocycles. The third-order valence-electron chi connectivity index (χ3n) is 4.00. The van der Waals surface area contributed by atoms with E-state index in [9.17, 15) is 4.79 Å². The second kappa shape index (κ2) is 12.2. The Morgan fingerprint density at radius 3 is 2.52 bits per heavy atom. The quantitative estimate of drug-likeness (QED) is 0.355. The number of nitrogens with zero attached hydrogens (tertiary/aromatic N) is 2. The van der Waals surface area contributed by atoms with Crippen molar-refractivity contribution in [2.24, 2.45) is 4.99 Å². The number of aliphatic imine (C=N–C) groups is 1. The standard InChI is InChI=1S/C22H38N4O3/c1-8-23-21(26(6)16-20(27)25-22(3,4)5)24-14-10-11-17-12-13-18(28-7)19(15-17)29-9-2/h12-13,15H,8-11,14,16H2,1-7H3,(H,23,24)(H,25,27). The van der Waals surface area contributed by atoms with Crippen LogP contribution >= 0.6 is 0 Å². The van der Waals surface area contributed by atoms with Gasteiger partial charge in [-0.1, -0.05) is 6.07 Å². The Labute approximate surface area is 175 Å². The largest absolute Gasteiger partial charge is 0.493 e. The molecule has 7 nitrogen and oxygen atoms in total. The van der Waals surface area contributed by atoms with Crippen molar-refractivity contribution in [2.45, 2.75) is 53.0 Å². The molecule has 0 aromatic heterocycles. The van der Waals surface area contributed by atoms with Crippen LogP contribution in [0.15, 0.2) is 23.2 Å². The summed E-state index contributed by atoms with van der Waals surface area (Å²) < 4.78 is 11.0. The van der Waals surface area contributed by atoms with Gasteiger partial charge < -0.3 is 25.0 Å². The number of carbonyl (C=O) groups is 1. The van der Waals surface area contributed by atoms with Gasteiger partial charge in [-0.3, -0.25) is 9.79 Å². The number of hydrogen-bond acceptors (Lipinski definition) is 4. The SMILES string of the molecule is CCNC(=NCCCc1ccc(OC)c(OCC)c1)N(C)CC(=O)NC(C)(C)C. The normalized spacial score (nSPS) is 11.8. The molecule has 0 atom stereocenters. The van der Waals surface area contributed by atoms with Crippen molar-refractivity contribution in [1.82, 2.24) is 15.5 Å². The molecule has 164 valence electrons. The third-order valence-corrected chi connectivity index (χ3v) is 4.00. The second-order valence-electron chi connectivity index (χ2n) is 7.91. The van der Waals surface area contributed by atoms with Crippen LogP contribution in [0.5, 0.6) is 11.5 Å². The highest BCUT2D eigenvalue weighted by Gasteiger charge is 2.16. The van der Waals surface area contributed by atoms with Crippen molar-refractivity contribution in [3.8, 4) is 11.5 Å². The van der Waals surface area contributed by atoms with Crippen LogP contribution in [0, 0.1) is 0 Å². The molecule has 1 rings (SSSR count). The maximum absolute atomic E-state index is 12.2. The van der Waals surface area contributed by atoms with Crippen LogP contribution in [0.1, 0.15) is 46.6 Å². The number of benzene rings is 1. The Hall–Kier alpha value is -2.44. The highest BCUT2D eigenvalue weighted by Crippen LogP contribution is 2.28. The fraction of sp³-hybridized carbons (Fsp3) is 0.636. The van der Waals surface area contributed by atoms with Crippen LogP contribution in [-0.2, 0) is 11.2 Å². The topological polar surface area (TPSA) is 75.2 Å². The molecule has 0 fully saturated rings. The van der Waals surface area contributed by atoms with Crippen LogP contribution in [0.4, 0.5) is 0 Å². The van der Waals surface area contributed by atoms with Gasteiger partial charge in [-0.15, -0.1) is 0 Å². The van der Waals surface area contributed by atoms with E-state index in [1.165, 1.54) is 5.56 Å². The van der Waals surface area contributed by atoms with Crippen LogP contribution in [0.2, 0.25) is 0 Å². The lowest BCUT2D eigenvalue weighted by molar-refractivity contribution is -0.122. The van der Waals surface area contributed by atoms with Gasteiger partial charge >= 0.3 is 0 Å². The second-order valence-corrected chi connectivity index (χ2v) is 7.91. The third kappa shape index (κ3) is 9.54. The summed E-state index contributed by atoms with van der Waals surface area (Å²) in [5, 5.41) is 6.22. The summed E-state index contributed by atoms with van der Waals surface area (Å²) in [6, 6.07) is 6.02. The number of nitrogens with one attached hydrogen (secondary N) is 2. The van der Waals surface area contributed by atoms with Gasteiger partial charge in [-0.2, -0.15) is 0 Å². The molecule has 0 unspecified atom stereocenters. The summed E-state index contributed by atoms with van der Waals surface area (Å²) >= 11 is 0. The molecule has 1 aromatic carbocycles. The fourth-order valence-corrected chi connectivity index (χ4v) is 2.83. The van der Waals surface area contributed by atoms with Crippen molar-refractivity contribution in [3.05, 3.63) is 23.8 Å². The highest BCUT2D eigenvalue weighted by molar-refractivity contribution is 5.86. The summed E-state index contributed by atoms with van der Waals surface area (Å²) in [4.78, 5) is 18.7.